The second kappa shape index (κ2) is 5.67. The summed E-state index contributed by atoms with van der Waals surface area (Å²) in [6.45, 7) is 1.05. The first-order valence-electron chi connectivity index (χ1n) is 6.40. The Balaban J connectivity index is 1.88. The fourth-order valence-electron chi connectivity index (χ4n) is 2.15. The van der Waals surface area contributed by atoms with Crippen molar-refractivity contribution in [1.29, 1.82) is 0 Å². The Hall–Kier alpha value is -1.81. The Kier molecular flexibility index (Phi) is 3.74. The summed E-state index contributed by atoms with van der Waals surface area (Å²) < 4.78 is 11.8. The molecule has 102 valence electrons. The molecule has 4 heteroatoms. The Bertz CT molecular complexity index is 638. The lowest BCUT2D eigenvalue weighted by Crippen LogP contribution is -2.16. The summed E-state index contributed by atoms with van der Waals surface area (Å²) in [4.78, 5) is 12.4. The lowest BCUT2D eigenvalue weighted by Gasteiger charge is -2.19. The smallest absolute Gasteiger partial charge is 0.168 e. The van der Waals surface area contributed by atoms with Crippen LogP contribution in [-0.2, 0) is 6.42 Å². The standard InChI is InChI=1S/C16H13BrO3/c17-13-10-16-15(19-6-7-20-16)9-12(13)14(18)8-11-4-2-1-3-5-11/h1-5,9-10H,6-8H2. The van der Waals surface area contributed by atoms with Crippen LogP contribution in [0.1, 0.15) is 15.9 Å². The first-order chi connectivity index (χ1) is 9.74. The zero-order valence-electron chi connectivity index (χ0n) is 10.8. The monoisotopic (exact) mass is 332 g/mol. The minimum Gasteiger partial charge on any atom is -0.486 e. The maximum atomic E-state index is 12.4. The van der Waals surface area contributed by atoms with Gasteiger partial charge < -0.3 is 9.47 Å². The van der Waals surface area contributed by atoms with Gasteiger partial charge in [-0.2, -0.15) is 0 Å². The highest BCUT2D eigenvalue weighted by atomic mass is 79.9. The molecule has 0 bridgehead atoms. The lowest BCUT2D eigenvalue weighted by molar-refractivity contribution is 0.0991. The van der Waals surface area contributed by atoms with E-state index >= 15 is 0 Å². The average Bonchev–Trinajstić information content (AvgIpc) is 2.47. The first kappa shape index (κ1) is 13.2. The van der Waals surface area contributed by atoms with Crippen LogP contribution in [0.4, 0.5) is 0 Å². The Morgan fingerprint density at radius 3 is 2.40 bits per heavy atom. The maximum absolute atomic E-state index is 12.4. The zero-order valence-corrected chi connectivity index (χ0v) is 12.4. The van der Waals surface area contributed by atoms with Crippen molar-refractivity contribution in [3.8, 4) is 11.5 Å². The summed E-state index contributed by atoms with van der Waals surface area (Å²) in [5.74, 6) is 1.37. The minimum absolute atomic E-state index is 0.0556. The molecule has 1 aliphatic heterocycles. The molecule has 0 spiro atoms. The molecule has 0 unspecified atom stereocenters. The molecule has 3 nitrogen and oxygen atoms in total. The normalized spacial score (nSPS) is 13.1. The van der Waals surface area contributed by atoms with Crippen LogP contribution in [0, 0.1) is 0 Å². The number of Topliss-reactive ketones (excluding diaryl/α,β-unsaturated/α-hetero) is 1. The van der Waals surface area contributed by atoms with E-state index in [1.54, 1.807) is 12.1 Å². The SMILES string of the molecule is O=C(Cc1ccccc1)c1cc2c(cc1Br)OCCO2. The topological polar surface area (TPSA) is 35.5 Å². The number of ether oxygens (including phenoxy) is 2. The van der Waals surface area contributed by atoms with E-state index in [9.17, 15) is 4.79 Å². The molecule has 0 saturated heterocycles. The zero-order chi connectivity index (χ0) is 13.9. The summed E-state index contributed by atoms with van der Waals surface area (Å²) in [7, 11) is 0. The van der Waals surface area contributed by atoms with E-state index in [1.165, 1.54) is 0 Å². The van der Waals surface area contributed by atoms with Gasteiger partial charge in [-0.3, -0.25) is 4.79 Å². The number of fused-ring (bicyclic) bond motifs is 1. The van der Waals surface area contributed by atoms with Crippen molar-refractivity contribution in [2.45, 2.75) is 6.42 Å². The van der Waals surface area contributed by atoms with E-state index in [2.05, 4.69) is 15.9 Å². The lowest BCUT2D eigenvalue weighted by atomic mass is 10.0. The van der Waals surface area contributed by atoms with Gasteiger partial charge in [-0.25, -0.2) is 0 Å². The summed E-state index contributed by atoms with van der Waals surface area (Å²) in [5.41, 5.74) is 1.62. The summed E-state index contributed by atoms with van der Waals surface area (Å²) in [6.07, 6.45) is 0.374. The van der Waals surface area contributed by atoms with Gasteiger partial charge in [0.25, 0.3) is 0 Å². The largest absolute Gasteiger partial charge is 0.486 e. The van der Waals surface area contributed by atoms with Crippen molar-refractivity contribution in [1.82, 2.24) is 0 Å². The molecule has 0 amide bonds. The third-order valence-corrected chi connectivity index (χ3v) is 3.80. The molecule has 2 aromatic carbocycles. The first-order valence-corrected chi connectivity index (χ1v) is 7.19. The molecule has 1 heterocycles. The summed E-state index contributed by atoms with van der Waals surface area (Å²) in [6, 6.07) is 13.3. The van der Waals surface area contributed by atoms with Crippen molar-refractivity contribution in [3.63, 3.8) is 0 Å². The fourth-order valence-corrected chi connectivity index (χ4v) is 2.70. The van der Waals surface area contributed by atoms with E-state index in [1.807, 2.05) is 30.3 Å². The van der Waals surface area contributed by atoms with E-state index in [0.717, 1.165) is 10.0 Å². The predicted molar refractivity (Wildman–Crippen MR) is 79.6 cm³/mol. The van der Waals surface area contributed by atoms with Crippen LogP contribution >= 0.6 is 15.9 Å². The number of carbonyl (C=O) groups is 1. The highest BCUT2D eigenvalue weighted by molar-refractivity contribution is 9.10. The fraction of sp³-hybridized carbons (Fsp3) is 0.188. The van der Waals surface area contributed by atoms with Gasteiger partial charge in [0, 0.05) is 16.5 Å². The number of halogens is 1. The molecule has 2 aromatic rings. The van der Waals surface area contributed by atoms with Crippen molar-refractivity contribution in [2.75, 3.05) is 13.2 Å². The second-order valence-electron chi connectivity index (χ2n) is 4.56. The molecule has 20 heavy (non-hydrogen) atoms. The van der Waals surface area contributed by atoms with Crippen LogP contribution in [0.2, 0.25) is 0 Å². The van der Waals surface area contributed by atoms with Crippen molar-refractivity contribution >= 4 is 21.7 Å². The molecule has 0 radical (unpaired) electrons. The molecule has 3 rings (SSSR count). The highest BCUT2D eigenvalue weighted by Crippen LogP contribution is 2.35. The third kappa shape index (κ3) is 2.70. The highest BCUT2D eigenvalue weighted by Gasteiger charge is 2.18. The van der Waals surface area contributed by atoms with Crippen LogP contribution in [0.25, 0.3) is 0 Å². The molecule has 0 N–H and O–H groups in total. The Morgan fingerprint density at radius 2 is 1.70 bits per heavy atom. The van der Waals surface area contributed by atoms with Crippen LogP contribution in [0.3, 0.4) is 0 Å². The van der Waals surface area contributed by atoms with E-state index < -0.39 is 0 Å². The van der Waals surface area contributed by atoms with Crippen molar-refractivity contribution < 1.29 is 14.3 Å². The van der Waals surface area contributed by atoms with Crippen LogP contribution in [0.5, 0.6) is 11.5 Å². The second-order valence-corrected chi connectivity index (χ2v) is 5.42. The van der Waals surface area contributed by atoms with Gasteiger partial charge >= 0.3 is 0 Å². The van der Waals surface area contributed by atoms with E-state index in [4.69, 9.17) is 9.47 Å². The van der Waals surface area contributed by atoms with E-state index in [0.29, 0.717) is 36.7 Å². The Morgan fingerprint density at radius 1 is 1.05 bits per heavy atom. The van der Waals surface area contributed by atoms with Gasteiger partial charge in [0.15, 0.2) is 17.3 Å². The van der Waals surface area contributed by atoms with Gasteiger partial charge in [-0.05, 0) is 33.6 Å². The third-order valence-electron chi connectivity index (χ3n) is 3.14. The molecule has 0 aliphatic carbocycles. The number of hydrogen-bond acceptors (Lipinski definition) is 3. The molecular formula is C16H13BrO3. The molecule has 0 saturated carbocycles. The number of hydrogen-bond donors (Lipinski definition) is 0. The van der Waals surface area contributed by atoms with Gasteiger partial charge in [0.2, 0.25) is 0 Å². The number of benzene rings is 2. The molecule has 1 aliphatic rings. The Labute approximate surface area is 125 Å². The van der Waals surface area contributed by atoms with Gasteiger partial charge in [-0.15, -0.1) is 0 Å². The molecule has 0 fully saturated rings. The molecular weight excluding hydrogens is 320 g/mol. The number of rotatable bonds is 3. The van der Waals surface area contributed by atoms with Crippen LogP contribution < -0.4 is 9.47 Å². The quantitative estimate of drug-likeness (QED) is 0.805. The maximum Gasteiger partial charge on any atom is 0.168 e. The number of carbonyl (C=O) groups excluding carboxylic acids is 1. The van der Waals surface area contributed by atoms with Crippen molar-refractivity contribution in [2.24, 2.45) is 0 Å². The van der Waals surface area contributed by atoms with Gasteiger partial charge in [0.1, 0.15) is 13.2 Å². The summed E-state index contributed by atoms with van der Waals surface area (Å²) in [5, 5.41) is 0. The van der Waals surface area contributed by atoms with Crippen molar-refractivity contribution in [3.05, 3.63) is 58.1 Å². The van der Waals surface area contributed by atoms with Gasteiger partial charge in [-0.1, -0.05) is 30.3 Å². The molecule has 0 aromatic heterocycles. The average molecular weight is 333 g/mol. The van der Waals surface area contributed by atoms with Crippen LogP contribution in [0.15, 0.2) is 46.9 Å². The van der Waals surface area contributed by atoms with Gasteiger partial charge in [0.05, 0.1) is 0 Å². The number of ketones is 1. The molecule has 0 atom stereocenters. The minimum atomic E-state index is 0.0556. The van der Waals surface area contributed by atoms with Crippen LogP contribution in [-0.4, -0.2) is 19.0 Å². The van der Waals surface area contributed by atoms with E-state index in [-0.39, 0.29) is 5.78 Å². The predicted octanol–water partition coefficient (Wildman–Crippen LogP) is 3.65. The summed E-state index contributed by atoms with van der Waals surface area (Å²) >= 11 is 3.43.